The van der Waals surface area contributed by atoms with Crippen LogP contribution in [0.4, 0.5) is 0 Å². The third kappa shape index (κ3) is 1.81. The second kappa shape index (κ2) is 4.63. The van der Waals surface area contributed by atoms with Crippen LogP contribution in [-0.4, -0.2) is 23.2 Å². The predicted molar refractivity (Wildman–Crippen MR) is 81.8 cm³/mol. The third-order valence-corrected chi connectivity index (χ3v) is 3.64. The molecule has 0 radical (unpaired) electrons. The Bertz CT molecular complexity index is 812. The molecule has 22 heavy (non-hydrogen) atoms. The molecule has 1 aliphatic rings. The third-order valence-electron chi connectivity index (χ3n) is 3.64. The number of rotatable bonds is 2. The van der Waals surface area contributed by atoms with Crippen molar-refractivity contribution in [1.29, 1.82) is 10.8 Å². The molecule has 6 heteroatoms. The molecule has 2 aromatic carbocycles. The number of ketones is 2. The molecule has 3 rings (SSSR count). The summed E-state index contributed by atoms with van der Waals surface area (Å²) in [6, 6.07) is 9.28. The minimum absolute atomic E-state index is 0.173. The highest BCUT2D eigenvalue weighted by molar-refractivity contribution is 6.29. The van der Waals surface area contributed by atoms with E-state index in [2.05, 4.69) is 0 Å². The summed E-state index contributed by atoms with van der Waals surface area (Å²) in [5.74, 6) is -1.23. The highest BCUT2D eigenvalue weighted by Crippen LogP contribution is 2.29. The summed E-state index contributed by atoms with van der Waals surface area (Å²) in [5.41, 5.74) is 12.3. The van der Waals surface area contributed by atoms with Gasteiger partial charge in [0.05, 0.1) is 0 Å². The van der Waals surface area contributed by atoms with Crippen LogP contribution in [-0.2, 0) is 0 Å². The fourth-order valence-electron chi connectivity index (χ4n) is 2.59. The number of amidine groups is 2. The second-order valence-electron chi connectivity index (χ2n) is 4.97. The number of nitrogens with two attached hydrogens (primary N) is 2. The molecule has 0 spiro atoms. The Morgan fingerprint density at radius 3 is 1.41 bits per heavy atom. The molecule has 0 aromatic heterocycles. The lowest BCUT2D eigenvalue weighted by molar-refractivity contribution is 0.0979. The zero-order valence-corrected chi connectivity index (χ0v) is 11.4. The van der Waals surface area contributed by atoms with Crippen molar-refractivity contribution >= 4 is 23.2 Å². The lowest BCUT2D eigenvalue weighted by Gasteiger charge is -2.19. The van der Waals surface area contributed by atoms with Gasteiger partial charge in [-0.15, -0.1) is 0 Å². The number of hydrogen-bond donors (Lipinski definition) is 4. The Morgan fingerprint density at radius 2 is 1.09 bits per heavy atom. The van der Waals surface area contributed by atoms with Gasteiger partial charge in [-0.3, -0.25) is 20.4 Å². The van der Waals surface area contributed by atoms with E-state index in [0.717, 1.165) is 0 Å². The fourth-order valence-corrected chi connectivity index (χ4v) is 2.59. The number of carbonyl (C=O) groups excluding carboxylic acids is 2. The Labute approximate surface area is 125 Å². The molecule has 0 saturated carbocycles. The lowest BCUT2D eigenvalue weighted by Crippen LogP contribution is -2.26. The van der Waals surface area contributed by atoms with E-state index in [1.165, 1.54) is 12.1 Å². The van der Waals surface area contributed by atoms with E-state index < -0.39 is 0 Å². The molecule has 0 unspecified atom stereocenters. The van der Waals surface area contributed by atoms with Crippen molar-refractivity contribution in [3.05, 3.63) is 69.8 Å². The van der Waals surface area contributed by atoms with Crippen LogP contribution in [0.3, 0.4) is 0 Å². The van der Waals surface area contributed by atoms with E-state index in [1.54, 1.807) is 24.3 Å². The van der Waals surface area contributed by atoms with Crippen molar-refractivity contribution in [3.63, 3.8) is 0 Å². The average molecular weight is 292 g/mol. The van der Waals surface area contributed by atoms with E-state index >= 15 is 0 Å². The summed E-state index contributed by atoms with van der Waals surface area (Å²) in [5, 5.41) is 15.2. The molecule has 0 aliphatic heterocycles. The zero-order valence-electron chi connectivity index (χ0n) is 11.4. The van der Waals surface area contributed by atoms with Crippen molar-refractivity contribution in [2.75, 3.05) is 0 Å². The topological polar surface area (TPSA) is 134 Å². The van der Waals surface area contributed by atoms with Crippen molar-refractivity contribution in [2.45, 2.75) is 0 Å². The highest BCUT2D eigenvalue weighted by Gasteiger charge is 2.31. The van der Waals surface area contributed by atoms with Gasteiger partial charge < -0.3 is 11.5 Å². The van der Waals surface area contributed by atoms with Gasteiger partial charge in [-0.05, 0) is 12.1 Å². The van der Waals surface area contributed by atoms with E-state index in [-0.39, 0.29) is 45.5 Å². The SMILES string of the molecule is N=C(N)c1cc2c(cc1C(=N)N)C(=O)c1ccccc1C2=O. The average Bonchev–Trinajstić information content (AvgIpc) is 2.51. The van der Waals surface area contributed by atoms with Crippen molar-refractivity contribution in [1.82, 2.24) is 0 Å². The molecule has 1 aliphatic carbocycles. The summed E-state index contributed by atoms with van der Waals surface area (Å²) < 4.78 is 0. The van der Waals surface area contributed by atoms with Gasteiger partial charge in [0.15, 0.2) is 11.6 Å². The maximum atomic E-state index is 12.6. The van der Waals surface area contributed by atoms with E-state index in [1.807, 2.05) is 0 Å². The lowest BCUT2D eigenvalue weighted by atomic mass is 9.82. The van der Waals surface area contributed by atoms with Gasteiger partial charge >= 0.3 is 0 Å². The van der Waals surface area contributed by atoms with Crippen LogP contribution in [0, 0.1) is 10.8 Å². The van der Waals surface area contributed by atoms with Crippen LogP contribution in [0.5, 0.6) is 0 Å². The summed E-state index contributed by atoms with van der Waals surface area (Å²) in [6.45, 7) is 0. The molecule has 0 fully saturated rings. The molecule has 108 valence electrons. The largest absolute Gasteiger partial charge is 0.384 e. The van der Waals surface area contributed by atoms with Gasteiger partial charge in [0.2, 0.25) is 0 Å². The molecule has 0 saturated heterocycles. The van der Waals surface area contributed by atoms with E-state index in [9.17, 15) is 9.59 Å². The minimum atomic E-state index is -0.313. The van der Waals surface area contributed by atoms with Crippen LogP contribution < -0.4 is 11.5 Å². The molecular weight excluding hydrogens is 280 g/mol. The van der Waals surface area contributed by atoms with Gasteiger partial charge in [-0.1, -0.05) is 24.3 Å². The molecule has 0 amide bonds. The van der Waals surface area contributed by atoms with Crippen molar-refractivity contribution in [3.8, 4) is 0 Å². The van der Waals surface area contributed by atoms with Gasteiger partial charge in [0.1, 0.15) is 11.7 Å². The molecule has 0 atom stereocenters. The van der Waals surface area contributed by atoms with Gasteiger partial charge in [-0.25, -0.2) is 0 Å². The minimum Gasteiger partial charge on any atom is -0.384 e. The Kier molecular flexibility index (Phi) is 2.88. The Hall–Kier alpha value is -3.28. The summed E-state index contributed by atoms with van der Waals surface area (Å²) in [4.78, 5) is 25.1. The quantitative estimate of drug-likeness (QED) is 0.414. The van der Waals surface area contributed by atoms with E-state index in [4.69, 9.17) is 22.3 Å². The second-order valence-corrected chi connectivity index (χ2v) is 4.97. The molecular formula is C16H12N4O2. The van der Waals surface area contributed by atoms with Crippen molar-refractivity contribution in [2.24, 2.45) is 11.5 Å². The first-order valence-electron chi connectivity index (χ1n) is 6.47. The summed E-state index contributed by atoms with van der Waals surface area (Å²) in [6.07, 6.45) is 0. The fraction of sp³-hybridized carbons (Fsp3) is 0. The summed E-state index contributed by atoms with van der Waals surface area (Å²) >= 11 is 0. The van der Waals surface area contributed by atoms with Crippen LogP contribution in [0.1, 0.15) is 43.0 Å². The highest BCUT2D eigenvalue weighted by atomic mass is 16.1. The molecule has 0 bridgehead atoms. The first-order chi connectivity index (χ1) is 10.4. The van der Waals surface area contributed by atoms with Gasteiger partial charge in [-0.2, -0.15) is 0 Å². The van der Waals surface area contributed by atoms with Crippen LogP contribution in [0.2, 0.25) is 0 Å². The van der Waals surface area contributed by atoms with Crippen molar-refractivity contribution < 1.29 is 9.59 Å². The smallest absolute Gasteiger partial charge is 0.194 e. The number of hydrogen-bond acceptors (Lipinski definition) is 4. The first-order valence-corrected chi connectivity index (χ1v) is 6.47. The number of carbonyl (C=O) groups is 2. The predicted octanol–water partition coefficient (Wildman–Crippen LogP) is 1.03. The molecule has 6 nitrogen and oxygen atoms in total. The normalized spacial score (nSPS) is 12.5. The number of nitrogens with one attached hydrogen (secondary N) is 2. The Balaban J connectivity index is 2.34. The van der Waals surface area contributed by atoms with Gasteiger partial charge in [0.25, 0.3) is 0 Å². The van der Waals surface area contributed by atoms with Crippen LogP contribution >= 0.6 is 0 Å². The monoisotopic (exact) mass is 292 g/mol. The summed E-state index contributed by atoms with van der Waals surface area (Å²) in [7, 11) is 0. The molecule has 2 aromatic rings. The molecule has 6 N–H and O–H groups in total. The zero-order chi connectivity index (χ0) is 16.0. The number of nitrogen functional groups attached to an aromatic ring is 2. The maximum Gasteiger partial charge on any atom is 0.194 e. The van der Waals surface area contributed by atoms with Crippen LogP contribution in [0.25, 0.3) is 0 Å². The standard InChI is InChI=1S/C16H12N4O2/c17-15(18)11-5-9-10(6-12(11)16(19)20)14(22)8-4-2-1-3-7(8)13(9)21/h1-6H,(H3,17,18)(H3,19,20). The number of benzene rings is 2. The first kappa shape index (κ1) is 13.7. The van der Waals surface area contributed by atoms with Crippen LogP contribution in [0.15, 0.2) is 36.4 Å². The Morgan fingerprint density at radius 1 is 0.727 bits per heavy atom. The number of fused-ring (bicyclic) bond motifs is 2. The molecule has 0 heterocycles. The van der Waals surface area contributed by atoms with E-state index in [0.29, 0.717) is 11.1 Å². The van der Waals surface area contributed by atoms with Gasteiger partial charge in [0, 0.05) is 33.4 Å². The maximum absolute atomic E-state index is 12.6.